The highest BCUT2D eigenvalue weighted by Gasteiger charge is 2.04. The maximum absolute atomic E-state index is 12.7. The molecule has 1 aromatic rings. The molecule has 0 aromatic heterocycles. The summed E-state index contributed by atoms with van der Waals surface area (Å²) in [5, 5.41) is 9.10. The van der Waals surface area contributed by atoms with E-state index in [-0.39, 0.29) is 18.9 Å². The highest BCUT2D eigenvalue weighted by Crippen LogP contribution is 2.15. The van der Waals surface area contributed by atoms with Crippen LogP contribution in [0.15, 0.2) is 18.2 Å². The second-order valence-electron chi connectivity index (χ2n) is 3.10. The Morgan fingerprint density at radius 1 is 1.33 bits per heavy atom. The lowest BCUT2D eigenvalue weighted by Gasteiger charge is -2.09. The van der Waals surface area contributed by atoms with Crippen molar-refractivity contribution in [3.8, 4) is 5.75 Å². The maximum Gasteiger partial charge on any atom is 0.162 e. The Morgan fingerprint density at radius 3 is 2.67 bits per heavy atom. The molecule has 15 heavy (non-hydrogen) atoms. The molecule has 1 rings (SSSR count). The Morgan fingerprint density at radius 2 is 2.07 bits per heavy atom. The minimum Gasteiger partial charge on any atom is -0.493 e. The van der Waals surface area contributed by atoms with Gasteiger partial charge in [0.2, 0.25) is 0 Å². The average Bonchev–Trinajstić information content (AvgIpc) is 2.23. The molecule has 0 bridgehead atoms. The van der Waals surface area contributed by atoms with Crippen LogP contribution in [0.1, 0.15) is 6.42 Å². The van der Waals surface area contributed by atoms with Gasteiger partial charge in [-0.3, -0.25) is 0 Å². The van der Waals surface area contributed by atoms with E-state index in [0.717, 1.165) is 12.1 Å². The monoisotopic (exact) mass is 217 g/mol. The summed E-state index contributed by atoms with van der Waals surface area (Å²) < 4.78 is 30.3. The summed E-state index contributed by atoms with van der Waals surface area (Å²) >= 11 is 0. The number of aliphatic hydroxyl groups excluding tert-OH is 1. The van der Waals surface area contributed by atoms with E-state index in [1.807, 2.05) is 0 Å². The SMILES string of the molecule is NCC(O)CCOc1ccc(F)c(F)c1. The molecule has 1 aromatic carbocycles. The number of aliphatic hydroxyl groups is 1. The van der Waals surface area contributed by atoms with Crippen molar-refractivity contribution in [1.29, 1.82) is 0 Å². The molecule has 0 radical (unpaired) electrons. The minimum atomic E-state index is -0.952. The molecule has 3 nitrogen and oxygen atoms in total. The largest absolute Gasteiger partial charge is 0.493 e. The molecule has 0 aliphatic heterocycles. The fraction of sp³-hybridized carbons (Fsp3) is 0.400. The van der Waals surface area contributed by atoms with Gasteiger partial charge in [-0.05, 0) is 12.1 Å². The molecule has 3 N–H and O–H groups in total. The van der Waals surface area contributed by atoms with E-state index in [1.54, 1.807) is 0 Å². The number of halogens is 2. The van der Waals surface area contributed by atoms with Gasteiger partial charge in [0.25, 0.3) is 0 Å². The van der Waals surface area contributed by atoms with Gasteiger partial charge in [-0.1, -0.05) is 0 Å². The summed E-state index contributed by atoms with van der Waals surface area (Å²) in [7, 11) is 0. The molecule has 1 unspecified atom stereocenters. The first kappa shape index (κ1) is 11.9. The molecule has 0 spiro atoms. The molecule has 0 saturated carbocycles. The van der Waals surface area contributed by atoms with Gasteiger partial charge in [-0.2, -0.15) is 0 Å². The highest BCUT2D eigenvalue weighted by molar-refractivity contribution is 5.23. The van der Waals surface area contributed by atoms with Crippen LogP contribution in [0.25, 0.3) is 0 Å². The first-order valence-corrected chi connectivity index (χ1v) is 4.59. The summed E-state index contributed by atoms with van der Waals surface area (Å²) in [6.07, 6.45) is -0.273. The van der Waals surface area contributed by atoms with Crippen LogP contribution >= 0.6 is 0 Å². The Labute approximate surface area is 86.5 Å². The highest BCUT2D eigenvalue weighted by atomic mass is 19.2. The standard InChI is InChI=1S/C10H13F2NO2/c11-9-2-1-8(5-10(9)12)15-4-3-7(14)6-13/h1-2,5,7,14H,3-4,6,13H2. The van der Waals surface area contributed by atoms with E-state index in [1.165, 1.54) is 6.07 Å². The Kier molecular flexibility index (Phi) is 4.45. The quantitative estimate of drug-likeness (QED) is 0.775. The summed E-state index contributed by atoms with van der Waals surface area (Å²) in [6.45, 7) is 0.366. The van der Waals surface area contributed by atoms with Crippen molar-refractivity contribution < 1.29 is 18.6 Å². The summed E-state index contributed by atoms with van der Waals surface area (Å²) in [4.78, 5) is 0. The lowest BCUT2D eigenvalue weighted by Crippen LogP contribution is -2.21. The topological polar surface area (TPSA) is 55.5 Å². The third-order valence-corrected chi connectivity index (χ3v) is 1.88. The van der Waals surface area contributed by atoms with E-state index in [2.05, 4.69) is 0 Å². The van der Waals surface area contributed by atoms with Crippen molar-refractivity contribution >= 4 is 0 Å². The zero-order chi connectivity index (χ0) is 11.3. The second-order valence-corrected chi connectivity index (χ2v) is 3.10. The lowest BCUT2D eigenvalue weighted by molar-refractivity contribution is 0.146. The molecule has 5 heteroatoms. The third-order valence-electron chi connectivity index (χ3n) is 1.88. The lowest BCUT2D eigenvalue weighted by atomic mass is 10.2. The number of ether oxygens (including phenoxy) is 1. The number of hydrogen-bond donors (Lipinski definition) is 2. The zero-order valence-corrected chi connectivity index (χ0v) is 8.12. The van der Waals surface area contributed by atoms with Crippen LogP contribution in [-0.2, 0) is 0 Å². The van der Waals surface area contributed by atoms with Gasteiger partial charge in [-0.25, -0.2) is 8.78 Å². The van der Waals surface area contributed by atoms with Crippen LogP contribution < -0.4 is 10.5 Å². The van der Waals surface area contributed by atoms with Crippen LogP contribution in [0.5, 0.6) is 5.75 Å². The van der Waals surface area contributed by atoms with Crippen LogP contribution in [-0.4, -0.2) is 24.4 Å². The fourth-order valence-corrected chi connectivity index (χ4v) is 0.997. The first-order chi connectivity index (χ1) is 7.13. The molecule has 0 amide bonds. The minimum absolute atomic E-state index is 0.154. The van der Waals surface area contributed by atoms with E-state index >= 15 is 0 Å². The molecule has 84 valence electrons. The third kappa shape index (κ3) is 3.81. The predicted octanol–water partition coefficient (Wildman–Crippen LogP) is 1.05. The van der Waals surface area contributed by atoms with Crippen molar-refractivity contribution in [2.45, 2.75) is 12.5 Å². The molecule has 0 saturated heterocycles. The predicted molar refractivity (Wildman–Crippen MR) is 51.5 cm³/mol. The van der Waals surface area contributed by atoms with Crippen molar-refractivity contribution in [2.75, 3.05) is 13.2 Å². The van der Waals surface area contributed by atoms with Crippen molar-refractivity contribution in [2.24, 2.45) is 5.73 Å². The van der Waals surface area contributed by atoms with E-state index < -0.39 is 17.7 Å². The van der Waals surface area contributed by atoms with Crippen LogP contribution in [0.4, 0.5) is 8.78 Å². The molecule has 0 aliphatic carbocycles. The number of hydrogen-bond acceptors (Lipinski definition) is 3. The van der Waals surface area contributed by atoms with Crippen LogP contribution in [0.3, 0.4) is 0 Å². The maximum atomic E-state index is 12.7. The molecular formula is C10H13F2NO2. The fourth-order valence-electron chi connectivity index (χ4n) is 0.997. The van der Waals surface area contributed by atoms with Crippen LogP contribution in [0.2, 0.25) is 0 Å². The molecule has 0 aliphatic rings. The Bertz CT molecular complexity index is 320. The Hall–Kier alpha value is -1.20. The van der Waals surface area contributed by atoms with E-state index in [9.17, 15) is 8.78 Å². The van der Waals surface area contributed by atoms with Gasteiger partial charge in [-0.15, -0.1) is 0 Å². The normalized spacial score (nSPS) is 12.5. The van der Waals surface area contributed by atoms with Gasteiger partial charge in [0.1, 0.15) is 5.75 Å². The smallest absolute Gasteiger partial charge is 0.162 e. The zero-order valence-electron chi connectivity index (χ0n) is 8.12. The molecule has 0 heterocycles. The first-order valence-electron chi connectivity index (χ1n) is 4.59. The Balaban J connectivity index is 2.41. The van der Waals surface area contributed by atoms with Gasteiger partial charge in [0.05, 0.1) is 12.7 Å². The van der Waals surface area contributed by atoms with Crippen molar-refractivity contribution in [3.05, 3.63) is 29.8 Å². The number of nitrogens with two attached hydrogens (primary N) is 1. The van der Waals surface area contributed by atoms with Crippen LogP contribution in [0, 0.1) is 11.6 Å². The number of rotatable bonds is 5. The van der Waals surface area contributed by atoms with Gasteiger partial charge < -0.3 is 15.6 Å². The van der Waals surface area contributed by atoms with Gasteiger partial charge in [0, 0.05) is 19.0 Å². The van der Waals surface area contributed by atoms with Crippen molar-refractivity contribution in [3.63, 3.8) is 0 Å². The van der Waals surface area contributed by atoms with Gasteiger partial charge in [0.15, 0.2) is 11.6 Å². The van der Waals surface area contributed by atoms with E-state index in [4.69, 9.17) is 15.6 Å². The average molecular weight is 217 g/mol. The molecule has 0 fully saturated rings. The second kappa shape index (κ2) is 5.63. The van der Waals surface area contributed by atoms with Gasteiger partial charge >= 0.3 is 0 Å². The van der Waals surface area contributed by atoms with Crippen molar-refractivity contribution in [1.82, 2.24) is 0 Å². The summed E-state index contributed by atoms with van der Waals surface area (Å²) in [5.41, 5.74) is 5.18. The number of benzene rings is 1. The van der Waals surface area contributed by atoms with E-state index in [0.29, 0.717) is 6.42 Å². The summed E-state index contributed by atoms with van der Waals surface area (Å²) in [5.74, 6) is -1.63. The summed E-state index contributed by atoms with van der Waals surface area (Å²) in [6, 6.07) is 3.28. The molecule has 1 atom stereocenters. The molecular weight excluding hydrogens is 204 g/mol.